The largest absolute Gasteiger partial charge is 0.300 e. The van der Waals surface area contributed by atoms with Gasteiger partial charge < -0.3 is 4.90 Å². The third-order valence-electron chi connectivity index (χ3n) is 4.63. The van der Waals surface area contributed by atoms with Gasteiger partial charge in [0.05, 0.1) is 11.4 Å². The highest BCUT2D eigenvalue weighted by Crippen LogP contribution is 2.28. The monoisotopic (exact) mass is 333 g/mol. The highest BCUT2D eigenvalue weighted by molar-refractivity contribution is 5.64. The van der Waals surface area contributed by atoms with Crippen LogP contribution in [0.4, 0.5) is 4.39 Å². The van der Waals surface area contributed by atoms with Crippen molar-refractivity contribution in [2.75, 3.05) is 13.6 Å². The van der Waals surface area contributed by atoms with Gasteiger partial charge in [-0.05, 0) is 43.3 Å². The Hall–Kier alpha value is -2.59. The quantitative estimate of drug-likeness (QED) is 0.729. The lowest BCUT2D eigenvalue weighted by Crippen LogP contribution is -2.28. The molecule has 0 unspecified atom stereocenters. The van der Waals surface area contributed by atoms with Gasteiger partial charge in [0.2, 0.25) is 0 Å². The molecule has 0 bridgehead atoms. The molecule has 2 aromatic carbocycles. The van der Waals surface area contributed by atoms with Crippen molar-refractivity contribution in [2.45, 2.75) is 19.4 Å². The Bertz CT molecular complexity index is 876. The number of benzene rings is 2. The van der Waals surface area contributed by atoms with Gasteiger partial charge >= 0.3 is 0 Å². The van der Waals surface area contributed by atoms with E-state index >= 15 is 0 Å². The summed E-state index contributed by atoms with van der Waals surface area (Å²) in [7, 11) is 2.11. The number of fused-ring (bicyclic) bond motifs is 1. The predicted molar refractivity (Wildman–Crippen MR) is 96.7 cm³/mol. The van der Waals surface area contributed by atoms with Gasteiger partial charge in [0, 0.05) is 30.6 Å². The third-order valence-corrected chi connectivity index (χ3v) is 4.63. The second-order valence-corrected chi connectivity index (χ2v) is 6.57. The fourth-order valence-corrected chi connectivity index (χ4v) is 3.32. The minimum absolute atomic E-state index is 0.226. The summed E-state index contributed by atoms with van der Waals surface area (Å²) >= 11 is 0. The Kier molecular flexibility index (Phi) is 4.28. The SMILES string of the molecule is CN1CCc2c(nc(Cc3ccccc3)nc2-c2ccc(F)cc2)C1. The van der Waals surface area contributed by atoms with Crippen LogP contribution >= 0.6 is 0 Å². The van der Waals surface area contributed by atoms with Crippen molar-refractivity contribution >= 4 is 0 Å². The van der Waals surface area contributed by atoms with Crippen LogP contribution in [-0.4, -0.2) is 28.5 Å². The Morgan fingerprint density at radius 2 is 1.76 bits per heavy atom. The maximum absolute atomic E-state index is 13.3. The summed E-state index contributed by atoms with van der Waals surface area (Å²) in [6.07, 6.45) is 1.62. The van der Waals surface area contributed by atoms with Crippen LogP contribution < -0.4 is 0 Å². The molecule has 1 aliphatic rings. The Morgan fingerprint density at radius 3 is 2.52 bits per heavy atom. The van der Waals surface area contributed by atoms with Crippen LogP contribution in [-0.2, 0) is 19.4 Å². The van der Waals surface area contributed by atoms with Gasteiger partial charge in [-0.15, -0.1) is 0 Å². The van der Waals surface area contributed by atoms with E-state index in [9.17, 15) is 4.39 Å². The molecule has 0 saturated heterocycles. The average molecular weight is 333 g/mol. The van der Waals surface area contributed by atoms with Crippen LogP contribution in [0.25, 0.3) is 11.3 Å². The molecule has 0 N–H and O–H groups in total. The first kappa shape index (κ1) is 15.9. The van der Waals surface area contributed by atoms with E-state index in [0.29, 0.717) is 6.42 Å². The molecule has 2 heterocycles. The summed E-state index contributed by atoms with van der Waals surface area (Å²) in [5.74, 6) is 0.593. The normalized spacial score (nSPS) is 14.3. The zero-order valence-corrected chi connectivity index (χ0v) is 14.2. The number of rotatable bonds is 3. The highest BCUT2D eigenvalue weighted by atomic mass is 19.1. The number of aromatic nitrogens is 2. The molecular weight excluding hydrogens is 313 g/mol. The Morgan fingerprint density at radius 1 is 1.00 bits per heavy atom. The van der Waals surface area contributed by atoms with Gasteiger partial charge in [0.1, 0.15) is 11.6 Å². The number of hydrogen-bond donors (Lipinski definition) is 0. The van der Waals surface area contributed by atoms with E-state index in [2.05, 4.69) is 24.1 Å². The van der Waals surface area contributed by atoms with Crippen LogP contribution in [0.2, 0.25) is 0 Å². The number of nitrogens with zero attached hydrogens (tertiary/aromatic N) is 3. The molecular formula is C21H20FN3. The van der Waals surface area contributed by atoms with Crippen LogP contribution in [0.1, 0.15) is 22.6 Å². The lowest BCUT2D eigenvalue weighted by Gasteiger charge is -2.26. The molecule has 0 saturated carbocycles. The minimum Gasteiger partial charge on any atom is -0.300 e. The van der Waals surface area contributed by atoms with Crippen molar-refractivity contribution in [3.63, 3.8) is 0 Å². The Labute approximate surface area is 147 Å². The molecule has 4 heteroatoms. The summed E-state index contributed by atoms with van der Waals surface area (Å²) in [6, 6.07) is 16.9. The fraction of sp³-hybridized carbons (Fsp3) is 0.238. The molecule has 0 radical (unpaired) electrons. The lowest BCUT2D eigenvalue weighted by molar-refractivity contribution is 0.307. The van der Waals surface area contributed by atoms with Crippen molar-refractivity contribution < 1.29 is 4.39 Å². The standard InChI is InChI=1S/C21H20FN3/c1-25-12-11-18-19(14-25)23-20(13-15-5-3-2-4-6-15)24-21(18)16-7-9-17(22)10-8-16/h2-10H,11-14H2,1H3. The second-order valence-electron chi connectivity index (χ2n) is 6.57. The zero-order valence-electron chi connectivity index (χ0n) is 14.2. The molecule has 3 nitrogen and oxygen atoms in total. The average Bonchev–Trinajstić information content (AvgIpc) is 2.62. The van der Waals surface area contributed by atoms with Crippen LogP contribution in [0, 0.1) is 5.82 Å². The summed E-state index contributed by atoms with van der Waals surface area (Å²) in [4.78, 5) is 12.0. The van der Waals surface area contributed by atoms with Gasteiger partial charge in [-0.1, -0.05) is 30.3 Å². The van der Waals surface area contributed by atoms with Gasteiger partial charge in [0.15, 0.2) is 0 Å². The molecule has 4 rings (SSSR count). The smallest absolute Gasteiger partial charge is 0.133 e. The first-order valence-corrected chi connectivity index (χ1v) is 8.56. The summed E-state index contributed by atoms with van der Waals surface area (Å²) in [5, 5.41) is 0. The molecule has 0 aliphatic carbocycles. The van der Waals surface area contributed by atoms with E-state index < -0.39 is 0 Å². The summed E-state index contributed by atoms with van der Waals surface area (Å²) in [6.45, 7) is 1.82. The molecule has 25 heavy (non-hydrogen) atoms. The van der Waals surface area contributed by atoms with Crippen LogP contribution in [0.3, 0.4) is 0 Å². The topological polar surface area (TPSA) is 29.0 Å². The lowest BCUT2D eigenvalue weighted by atomic mass is 9.98. The Balaban J connectivity index is 1.79. The zero-order chi connectivity index (χ0) is 17.2. The molecule has 0 spiro atoms. The molecule has 0 atom stereocenters. The highest BCUT2D eigenvalue weighted by Gasteiger charge is 2.21. The second kappa shape index (κ2) is 6.73. The van der Waals surface area contributed by atoms with E-state index in [1.807, 2.05) is 30.3 Å². The first-order valence-electron chi connectivity index (χ1n) is 8.56. The van der Waals surface area contributed by atoms with Crippen molar-refractivity contribution in [1.29, 1.82) is 0 Å². The van der Waals surface area contributed by atoms with E-state index in [0.717, 1.165) is 42.3 Å². The van der Waals surface area contributed by atoms with Gasteiger partial charge in [-0.25, -0.2) is 14.4 Å². The fourth-order valence-electron chi connectivity index (χ4n) is 3.32. The summed E-state index contributed by atoms with van der Waals surface area (Å²) < 4.78 is 13.3. The number of likely N-dealkylation sites (N-methyl/N-ethyl adjacent to an activating group) is 1. The molecule has 1 aromatic heterocycles. The van der Waals surface area contributed by atoms with Crippen molar-refractivity contribution in [3.8, 4) is 11.3 Å². The van der Waals surface area contributed by atoms with Crippen LogP contribution in [0.5, 0.6) is 0 Å². The van der Waals surface area contributed by atoms with Gasteiger partial charge in [-0.3, -0.25) is 0 Å². The molecule has 3 aromatic rings. The number of hydrogen-bond acceptors (Lipinski definition) is 3. The van der Waals surface area contributed by atoms with E-state index in [1.165, 1.54) is 23.3 Å². The first-order chi connectivity index (χ1) is 12.2. The molecule has 0 fully saturated rings. The maximum Gasteiger partial charge on any atom is 0.133 e. The minimum atomic E-state index is -0.226. The molecule has 0 amide bonds. The van der Waals surface area contributed by atoms with E-state index in [1.54, 1.807) is 0 Å². The van der Waals surface area contributed by atoms with Crippen molar-refractivity contribution in [1.82, 2.24) is 14.9 Å². The van der Waals surface area contributed by atoms with Gasteiger partial charge in [-0.2, -0.15) is 0 Å². The number of halogens is 1. The van der Waals surface area contributed by atoms with E-state index in [-0.39, 0.29) is 5.82 Å². The van der Waals surface area contributed by atoms with Crippen LogP contribution in [0.15, 0.2) is 54.6 Å². The van der Waals surface area contributed by atoms with Gasteiger partial charge in [0.25, 0.3) is 0 Å². The van der Waals surface area contributed by atoms with Crippen molar-refractivity contribution in [3.05, 3.63) is 83.1 Å². The predicted octanol–water partition coefficient (Wildman–Crippen LogP) is 3.86. The maximum atomic E-state index is 13.3. The molecule has 126 valence electrons. The third kappa shape index (κ3) is 3.44. The molecule has 1 aliphatic heterocycles. The summed E-state index contributed by atoms with van der Waals surface area (Å²) in [5.41, 5.74) is 5.38. The van der Waals surface area contributed by atoms with Crippen molar-refractivity contribution in [2.24, 2.45) is 0 Å². The van der Waals surface area contributed by atoms with E-state index in [4.69, 9.17) is 9.97 Å².